The Labute approximate surface area is 250 Å². The van der Waals surface area contributed by atoms with Crippen molar-refractivity contribution >= 4 is 45.1 Å². The largest absolute Gasteiger partial charge is 0.477 e. The Morgan fingerprint density at radius 3 is 2.71 bits per heavy atom. The average Bonchev–Trinajstić information content (AvgIpc) is 3.69. The Morgan fingerprint density at radius 1 is 1.12 bits per heavy atom. The molecule has 1 aliphatic rings. The lowest BCUT2D eigenvalue weighted by Crippen LogP contribution is -2.46. The number of benzene rings is 1. The van der Waals surface area contributed by atoms with Gasteiger partial charge in [0.15, 0.2) is 0 Å². The number of carboxylic acids is 1. The third-order valence-corrected chi connectivity index (χ3v) is 8.60. The second kappa shape index (κ2) is 12.1. The average molecular weight is 610 g/mol. The summed E-state index contributed by atoms with van der Waals surface area (Å²) in [6.45, 7) is 7.27. The summed E-state index contributed by atoms with van der Waals surface area (Å²) >= 11 is 7.04. The molecule has 6 rings (SSSR count). The van der Waals surface area contributed by atoms with Crippen LogP contribution in [0.5, 0.6) is 5.88 Å². The van der Waals surface area contributed by atoms with Gasteiger partial charge in [-0.15, -0.1) is 11.3 Å². The van der Waals surface area contributed by atoms with Gasteiger partial charge in [-0.3, -0.25) is 4.90 Å². The molecule has 0 aliphatic carbocycles. The lowest BCUT2D eigenvalue weighted by molar-refractivity contribution is 0.0702. The Morgan fingerprint density at radius 2 is 1.95 bits per heavy atom. The molecular formula is C29H29ClFN7O3S. The molecule has 5 aromatic rings. The number of aromatic nitrogens is 5. The summed E-state index contributed by atoms with van der Waals surface area (Å²) in [6, 6.07) is 11.8. The fraction of sp³-hybridized carbons (Fsp3) is 0.310. The maximum absolute atomic E-state index is 14.1. The number of carbonyl (C=O) groups is 1. The molecule has 0 unspecified atom stereocenters. The van der Waals surface area contributed by atoms with Crippen LogP contribution < -0.4 is 9.64 Å². The maximum atomic E-state index is 14.1. The first kappa shape index (κ1) is 28.1. The fourth-order valence-corrected chi connectivity index (χ4v) is 6.13. The van der Waals surface area contributed by atoms with Crippen molar-refractivity contribution in [2.45, 2.75) is 33.2 Å². The van der Waals surface area contributed by atoms with Crippen molar-refractivity contribution in [2.75, 3.05) is 31.1 Å². The van der Waals surface area contributed by atoms with Gasteiger partial charge in [-0.05, 0) is 31.2 Å². The zero-order valence-corrected chi connectivity index (χ0v) is 24.5. The maximum Gasteiger partial charge on any atom is 0.346 e. The number of hydrogen-bond acceptors (Lipinski definition) is 8. The number of carboxylic acid groups (broad SMARTS) is 1. The van der Waals surface area contributed by atoms with Gasteiger partial charge in [-0.25, -0.2) is 19.2 Å². The molecule has 42 heavy (non-hydrogen) atoms. The molecule has 5 heterocycles. The number of aromatic carboxylic acids is 1. The normalized spacial score (nSPS) is 14.1. The molecule has 13 heteroatoms. The van der Waals surface area contributed by atoms with E-state index >= 15 is 0 Å². The van der Waals surface area contributed by atoms with Gasteiger partial charge in [0.2, 0.25) is 5.88 Å². The van der Waals surface area contributed by atoms with Crippen molar-refractivity contribution in [2.24, 2.45) is 0 Å². The third kappa shape index (κ3) is 5.96. The number of aryl methyl sites for hydroxylation is 1. The molecular weight excluding hydrogens is 581 g/mol. The molecule has 0 radical (unpaired) electrons. The number of piperazine rings is 1. The third-order valence-electron chi connectivity index (χ3n) is 7.36. The molecule has 0 bridgehead atoms. The highest BCUT2D eigenvalue weighted by Gasteiger charge is 2.23. The quantitative estimate of drug-likeness (QED) is 0.232. The molecule has 1 fully saturated rings. The summed E-state index contributed by atoms with van der Waals surface area (Å²) in [5.41, 5.74) is 2.28. The molecule has 0 atom stereocenters. The van der Waals surface area contributed by atoms with Crippen molar-refractivity contribution in [1.29, 1.82) is 0 Å². The topological polar surface area (TPSA) is 102 Å². The molecule has 1 saturated heterocycles. The van der Waals surface area contributed by atoms with Crippen LogP contribution in [0.4, 0.5) is 10.2 Å². The summed E-state index contributed by atoms with van der Waals surface area (Å²) < 4.78 is 24.1. The molecule has 0 spiro atoms. The SMILES string of the molecule is CCn1cncc1Cn1c(CN2CCN(c3cccc(OCc4ccc(Cl)cc4F)n3)CC2)nc2sc(C(=O)O)cc21. The standard InChI is InChI=1S/C29H29ClFN7O3S/c1-2-36-18-32-14-21(36)15-38-23-13-24(29(39)40)42-28(23)34-26(38)16-35-8-10-37(11-9-35)25-4-3-5-27(33-25)41-17-19-6-7-20(30)12-22(19)31/h3-7,12-14,18H,2,8-11,15-17H2,1H3,(H,39,40). The number of rotatable bonds is 10. The highest BCUT2D eigenvalue weighted by molar-refractivity contribution is 7.20. The lowest BCUT2D eigenvalue weighted by atomic mass is 10.2. The lowest BCUT2D eigenvalue weighted by Gasteiger charge is -2.35. The summed E-state index contributed by atoms with van der Waals surface area (Å²) in [6.07, 6.45) is 3.65. The predicted octanol–water partition coefficient (Wildman–Crippen LogP) is 5.15. The van der Waals surface area contributed by atoms with E-state index in [9.17, 15) is 14.3 Å². The number of anilines is 1. The number of hydrogen-bond donors (Lipinski definition) is 1. The molecule has 4 aromatic heterocycles. The number of imidazole rings is 2. The molecule has 1 N–H and O–H groups in total. The van der Waals surface area contributed by atoms with Gasteiger partial charge in [0.05, 0.1) is 30.6 Å². The van der Waals surface area contributed by atoms with Crippen molar-refractivity contribution in [1.82, 2.24) is 29.0 Å². The van der Waals surface area contributed by atoms with E-state index in [0.717, 1.165) is 60.4 Å². The number of nitrogens with zero attached hydrogens (tertiary/aromatic N) is 7. The van der Waals surface area contributed by atoms with Gasteiger partial charge in [0, 0.05) is 55.6 Å². The smallest absolute Gasteiger partial charge is 0.346 e. The highest BCUT2D eigenvalue weighted by atomic mass is 35.5. The van der Waals surface area contributed by atoms with E-state index in [-0.39, 0.29) is 11.5 Å². The van der Waals surface area contributed by atoms with Crippen LogP contribution in [-0.2, 0) is 26.2 Å². The molecule has 218 valence electrons. The van der Waals surface area contributed by atoms with Crippen LogP contribution in [0.1, 0.15) is 33.7 Å². The van der Waals surface area contributed by atoms with Gasteiger partial charge in [0.1, 0.15) is 33.8 Å². The molecule has 1 aliphatic heterocycles. The van der Waals surface area contributed by atoms with Crippen LogP contribution in [0.15, 0.2) is 55.0 Å². The summed E-state index contributed by atoms with van der Waals surface area (Å²) in [7, 11) is 0. The zero-order chi connectivity index (χ0) is 29.2. The summed E-state index contributed by atoms with van der Waals surface area (Å²) in [4.78, 5) is 31.0. The Balaban J connectivity index is 1.12. The number of ether oxygens (including phenoxy) is 1. The number of fused-ring (bicyclic) bond motifs is 1. The number of halogens is 2. The van der Waals surface area contributed by atoms with Crippen LogP contribution in [0.2, 0.25) is 5.02 Å². The second-order valence-corrected chi connectivity index (χ2v) is 11.5. The van der Waals surface area contributed by atoms with Gasteiger partial charge in [0.25, 0.3) is 0 Å². The van der Waals surface area contributed by atoms with Gasteiger partial charge < -0.3 is 23.9 Å². The fourth-order valence-electron chi connectivity index (χ4n) is 5.08. The number of thiophene rings is 1. The zero-order valence-electron chi connectivity index (χ0n) is 22.9. The minimum absolute atomic E-state index is 0.0599. The molecule has 0 amide bonds. The van der Waals surface area contributed by atoms with Crippen LogP contribution in [-0.4, -0.2) is 66.2 Å². The molecule has 1 aromatic carbocycles. The highest BCUT2D eigenvalue weighted by Crippen LogP contribution is 2.28. The Hall–Kier alpha value is -4.00. The van der Waals surface area contributed by atoms with Gasteiger partial charge in [-0.1, -0.05) is 23.7 Å². The number of pyridine rings is 1. The van der Waals surface area contributed by atoms with Crippen molar-refractivity contribution in [3.8, 4) is 5.88 Å². The van der Waals surface area contributed by atoms with Crippen LogP contribution >= 0.6 is 22.9 Å². The Bertz CT molecular complexity index is 1730. The van der Waals surface area contributed by atoms with E-state index in [1.165, 1.54) is 17.4 Å². The van der Waals surface area contributed by atoms with Crippen molar-refractivity contribution in [3.63, 3.8) is 0 Å². The molecule has 0 saturated carbocycles. The van der Waals surface area contributed by atoms with E-state index in [2.05, 4.69) is 35.8 Å². The van der Waals surface area contributed by atoms with Gasteiger partial charge in [-0.2, -0.15) is 4.98 Å². The monoisotopic (exact) mass is 609 g/mol. The molecule has 10 nitrogen and oxygen atoms in total. The first-order valence-electron chi connectivity index (χ1n) is 13.6. The van der Waals surface area contributed by atoms with Crippen molar-refractivity contribution < 1.29 is 19.0 Å². The van der Waals surface area contributed by atoms with E-state index in [0.29, 0.717) is 29.6 Å². The van der Waals surface area contributed by atoms with Crippen molar-refractivity contribution in [3.05, 3.63) is 87.8 Å². The van der Waals surface area contributed by atoms with E-state index < -0.39 is 11.8 Å². The van der Waals surface area contributed by atoms with E-state index in [1.54, 1.807) is 24.3 Å². The first-order chi connectivity index (χ1) is 20.4. The Kier molecular flexibility index (Phi) is 8.09. The summed E-state index contributed by atoms with van der Waals surface area (Å²) in [5, 5.41) is 9.86. The minimum Gasteiger partial charge on any atom is -0.477 e. The van der Waals surface area contributed by atoms with Crippen LogP contribution in [0.25, 0.3) is 10.3 Å². The van der Waals surface area contributed by atoms with E-state index in [4.69, 9.17) is 21.3 Å². The first-order valence-corrected chi connectivity index (χ1v) is 14.8. The summed E-state index contributed by atoms with van der Waals surface area (Å²) in [5.74, 6) is 0.779. The van der Waals surface area contributed by atoms with E-state index in [1.807, 2.05) is 24.7 Å². The second-order valence-electron chi connectivity index (χ2n) is 10.0. The van der Waals surface area contributed by atoms with Crippen LogP contribution in [0.3, 0.4) is 0 Å². The van der Waals surface area contributed by atoms with Crippen LogP contribution in [0, 0.1) is 5.82 Å². The minimum atomic E-state index is -0.943. The van der Waals surface area contributed by atoms with Gasteiger partial charge >= 0.3 is 5.97 Å². The predicted molar refractivity (Wildman–Crippen MR) is 159 cm³/mol.